The molecule has 0 amide bonds. The van der Waals surface area contributed by atoms with Gasteiger partial charge >= 0.3 is 0 Å². The first-order valence-corrected chi connectivity index (χ1v) is 6.08. The third kappa shape index (κ3) is 2.76. The predicted octanol–water partition coefficient (Wildman–Crippen LogP) is 4.50. The zero-order valence-electron chi connectivity index (χ0n) is 9.61. The second kappa shape index (κ2) is 5.31. The van der Waals surface area contributed by atoms with Gasteiger partial charge in [-0.05, 0) is 36.8 Å². The Balaban J connectivity index is 2.38. The van der Waals surface area contributed by atoms with Crippen LogP contribution in [0.5, 0.6) is 11.5 Å². The number of aldehydes is 1. The van der Waals surface area contributed by atoms with Crippen molar-refractivity contribution in [3.63, 3.8) is 0 Å². The molecule has 2 aromatic rings. The maximum Gasteiger partial charge on any atom is 0.165 e. The highest BCUT2D eigenvalue weighted by molar-refractivity contribution is 9.10. The first-order chi connectivity index (χ1) is 8.60. The molecule has 0 aliphatic carbocycles. The fraction of sp³-hybridized carbons (Fsp3) is 0.0714. The summed E-state index contributed by atoms with van der Waals surface area (Å²) in [5.41, 5.74) is 1.32. The molecule has 4 heteroatoms. The van der Waals surface area contributed by atoms with E-state index in [1.807, 2.05) is 6.92 Å². The summed E-state index contributed by atoms with van der Waals surface area (Å²) < 4.78 is 19.8. The van der Waals surface area contributed by atoms with Crippen molar-refractivity contribution < 1.29 is 13.9 Å². The van der Waals surface area contributed by atoms with Crippen LogP contribution >= 0.6 is 15.9 Å². The molecule has 2 rings (SSSR count). The lowest BCUT2D eigenvalue weighted by molar-refractivity contribution is 0.112. The molecule has 92 valence electrons. The van der Waals surface area contributed by atoms with Crippen LogP contribution < -0.4 is 4.74 Å². The van der Waals surface area contributed by atoms with Crippen LogP contribution in [0.1, 0.15) is 15.9 Å². The van der Waals surface area contributed by atoms with Crippen molar-refractivity contribution in [2.45, 2.75) is 6.92 Å². The minimum absolute atomic E-state index is 0.121. The molecule has 0 bridgehead atoms. The Kier molecular flexibility index (Phi) is 3.77. The molecular weight excluding hydrogens is 299 g/mol. The van der Waals surface area contributed by atoms with Gasteiger partial charge in [0.1, 0.15) is 12.0 Å². The third-order valence-electron chi connectivity index (χ3n) is 2.46. The Morgan fingerprint density at radius 1 is 1.17 bits per heavy atom. The number of hydrogen-bond donors (Lipinski definition) is 0. The lowest BCUT2D eigenvalue weighted by Crippen LogP contribution is -1.92. The molecule has 0 fully saturated rings. The minimum Gasteiger partial charge on any atom is -0.454 e. The van der Waals surface area contributed by atoms with Gasteiger partial charge < -0.3 is 4.74 Å². The average Bonchev–Trinajstić information content (AvgIpc) is 2.36. The van der Waals surface area contributed by atoms with Gasteiger partial charge in [-0.3, -0.25) is 4.79 Å². The van der Waals surface area contributed by atoms with Crippen LogP contribution in [-0.2, 0) is 0 Å². The zero-order valence-corrected chi connectivity index (χ0v) is 11.2. The van der Waals surface area contributed by atoms with Crippen molar-refractivity contribution in [3.8, 4) is 11.5 Å². The summed E-state index contributed by atoms with van der Waals surface area (Å²) in [7, 11) is 0. The number of hydrogen-bond acceptors (Lipinski definition) is 2. The van der Waals surface area contributed by atoms with E-state index in [1.54, 1.807) is 30.3 Å². The first kappa shape index (κ1) is 12.8. The topological polar surface area (TPSA) is 26.3 Å². The molecule has 2 nitrogen and oxygen atoms in total. The van der Waals surface area contributed by atoms with Crippen molar-refractivity contribution in [1.82, 2.24) is 0 Å². The SMILES string of the molecule is Cc1ccc(C=O)cc1Oc1cc(Br)ccc1F. The number of ether oxygens (including phenoxy) is 1. The number of aryl methyl sites for hydroxylation is 1. The van der Waals surface area contributed by atoms with Gasteiger partial charge in [-0.15, -0.1) is 0 Å². The molecule has 0 unspecified atom stereocenters. The highest BCUT2D eigenvalue weighted by Crippen LogP contribution is 2.29. The molecule has 0 aliphatic rings. The lowest BCUT2D eigenvalue weighted by atomic mass is 10.1. The smallest absolute Gasteiger partial charge is 0.165 e. The minimum atomic E-state index is -0.450. The van der Waals surface area contributed by atoms with Gasteiger partial charge in [0.2, 0.25) is 0 Å². The van der Waals surface area contributed by atoms with Gasteiger partial charge in [-0.2, -0.15) is 0 Å². The van der Waals surface area contributed by atoms with Crippen LogP contribution in [0.25, 0.3) is 0 Å². The maximum absolute atomic E-state index is 13.6. The van der Waals surface area contributed by atoms with Crippen LogP contribution in [0.4, 0.5) is 4.39 Å². The van der Waals surface area contributed by atoms with Crippen LogP contribution in [0.15, 0.2) is 40.9 Å². The van der Waals surface area contributed by atoms with E-state index in [2.05, 4.69) is 15.9 Å². The van der Waals surface area contributed by atoms with E-state index in [-0.39, 0.29) is 5.75 Å². The Bertz CT molecular complexity index is 596. The summed E-state index contributed by atoms with van der Waals surface area (Å²) in [5.74, 6) is 0.140. The van der Waals surface area contributed by atoms with E-state index in [0.29, 0.717) is 11.3 Å². The Morgan fingerprint density at radius 3 is 2.67 bits per heavy atom. The van der Waals surface area contributed by atoms with Crippen molar-refractivity contribution >= 4 is 22.2 Å². The van der Waals surface area contributed by atoms with Crippen molar-refractivity contribution in [2.24, 2.45) is 0 Å². The number of carbonyl (C=O) groups excluding carboxylic acids is 1. The third-order valence-corrected chi connectivity index (χ3v) is 2.95. The summed E-state index contributed by atoms with van der Waals surface area (Å²) in [5, 5.41) is 0. The van der Waals surface area contributed by atoms with Crippen LogP contribution in [-0.4, -0.2) is 6.29 Å². The van der Waals surface area contributed by atoms with E-state index in [4.69, 9.17) is 4.74 Å². The summed E-state index contributed by atoms with van der Waals surface area (Å²) in [4.78, 5) is 10.7. The van der Waals surface area contributed by atoms with Crippen molar-refractivity contribution in [2.75, 3.05) is 0 Å². The second-order valence-corrected chi connectivity index (χ2v) is 4.74. The molecule has 18 heavy (non-hydrogen) atoms. The highest BCUT2D eigenvalue weighted by atomic mass is 79.9. The summed E-state index contributed by atoms with van der Waals surface area (Å²) in [6.45, 7) is 1.83. The molecule has 0 aliphatic heterocycles. The molecule has 0 aromatic heterocycles. The highest BCUT2D eigenvalue weighted by Gasteiger charge is 2.08. The summed E-state index contributed by atoms with van der Waals surface area (Å²) >= 11 is 3.25. The number of rotatable bonds is 3. The van der Waals surface area contributed by atoms with Gasteiger partial charge in [-0.1, -0.05) is 28.1 Å². The van der Waals surface area contributed by atoms with E-state index in [9.17, 15) is 9.18 Å². The summed E-state index contributed by atoms with van der Waals surface area (Å²) in [6.07, 6.45) is 0.726. The average molecular weight is 309 g/mol. The zero-order chi connectivity index (χ0) is 13.1. The lowest BCUT2D eigenvalue weighted by Gasteiger charge is -2.10. The maximum atomic E-state index is 13.6. The van der Waals surface area contributed by atoms with Gasteiger partial charge in [-0.25, -0.2) is 4.39 Å². The Labute approximate surface area is 113 Å². The number of benzene rings is 2. The largest absolute Gasteiger partial charge is 0.454 e. The molecule has 2 aromatic carbocycles. The molecule has 0 saturated heterocycles. The molecule has 0 saturated carbocycles. The van der Waals surface area contributed by atoms with E-state index in [0.717, 1.165) is 16.3 Å². The van der Waals surface area contributed by atoms with Crippen molar-refractivity contribution in [1.29, 1.82) is 0 Å². The van der Waals surface area contributed by atoms with Gasteiger partial charge in [0, 0.05) is 10.0 Å². The molecule has 0 radical (unpaired) electrons. The van der Waals surface area contributed by atoms with Crippen LogP contribution in [0.3, 0.4) is 0 Å². The van der Waals surface area contributed by atoms with E-state index in [1.165, 1.54) is 6.07 Å². The fourth-order valence-corrected chi connectivity index (χ4v) is 1.81. The van der Waals surface area contributed by atoms with Gasteiger partial charge in [0.15, 0.2) is 11.6 Å². The number of carbonyl (C=O) groups is 1. The Hall–Kier alpha value is -1.68. The van der Waals surface area contributed by atoms with Crippen LogP contribution in [0.2, 0.25) is 0 Å². The fourth-order valence-electron chi connectivity index (χ4n) is 1.47. The molecule has 0 atom stereocenters. The van der Waals surface area contributed by atoms with Crippen LogP contribution in [0, 0.1) is 12.7 Å². The van der Waals surface area contributed by atoms with Gasteiger partial charge in [0.25, 0.3) is 0 Å². The van der Waals surface area contributed by atoms with Crippen molar-refractivity contribution in [3.05, 3.63) is 57.8 Å². The summed E-state index contributed by atoms with van der Waals surface area (Å²) in [6, 6.07) is 9.49. The molecule has 0 N–H and O–H groups in total. The number of halogens is 2. The predicted molar refractivity (Wildman–Crippen MR) is 70.7 cm³/mol. The quantitative estimate of drug-likeness (QED) is 0.780. The Morgan fingerprint density at radius 2 is 1.94 bits per heavy atom. The van der Waals surface area contributed by atoms with E-state index >= 15 is 0 Å². The monoisotopic (exact) mass is 308 g/mol. The molecule has 0 spiro atoms. The van der Waals surface area contributed by atoms with E-state index < -0.39 is 5.82 Å². The standard InChI is InChI=1S/C14H10BrFO2/c1-9-2-3-10(8-17)6-13(9)18-14-7-11(15)4-5-12(14)16/h2-8H,1H3. The molecule has 0 heterocycles. The molecular formula is C14H10BrFO2. The van der Waals surface area contributed by atoms with Gasteiger partial charge in [0.05, 0.1) is 0 Å². The normalized spacial score (nSPS) is 10.2. The second-order valence-electron chi connectivity index (χ2n) is 3.82. The first-order valence-electron chi connectivity index (χ1n) is 5.29.